The molecule has 29 aromatic rings. The summed E-state index contributed by atoms with van der Waals surface area (Å²) in [6, 6.07) is 180. The Morgan fingerprint density at radius 1 is 0.102 bits per heavy atom. The van der Waals surface area contributed by atoms with E-state index < -0.39 is 0 Å². The molecule has 26 aromatic carbocycles. The van der Waals surface area contributed by atoms with Gasteiger partial charge in [-0.2, -0.15) is 0 Å². The quantitative estimate of drug-likeness (QED) is 0.135. The lowest BCUT2D eigenvalue weighted by Crippen LogP contribution is -1.92. The van der Waals surface area contributed by atoms with E-state index in [0.29, 0.717) is 0 Å². The molecule has 0 atom stereocenters. The summed E-state index contributed by atoms with van der Waals surface area (Å²) in [5.74, 6) is 0. The molecule has 0 N–H and O–H groups in total. The van der Waals surface area contributed by atoms with Gasteiger partial charge in [0.2, 0.25) is 0 Å². The monoisotopic (exact) mass is 1740 g/mol. The first-order valence-electron chi connectivity index (χ1n) is 47.1. The van der Waals surface area contributed by atoms with Gasteiger partial charge in [0.25, 0.3) is 0 Å². The van der Waals surface area contributed by atoms with E-state index in [-0.39, 0.29) is 0 Å². The first kappa shape index (κ1) is 78.8. The van der Waals surface area contributed by atoms with Gasteiger partial charge in [-0.15, -0.1) is 0 Å². The summed E-state index contributed by atoms with van der Waals surface area (Å²) in [6.07, 6.45) is 0. The van der Waals surface area contributed by atoms with Gasteiger partial charge in [0.1, 0.15) is 33.5 Å². The molecule has 0 aliphatic carbocycles. The van der Waals surface area contributed by atoms with Crippen LogP contribution >= 0.6 is 0 Å². The van der Waals surface area contributed by atoms with Crippen LogP contribution in [0, 0.1) is 0 Å². The van der Waals surface area contributed by atoms with Crippen LogP contribution < -0.4 is 0 Å². The fourth-order valence-electron chi connectivity index (χ4n) is 22.2. The molecule has 636 valence electrons. The van der Waals surface area contributed by atoms with Gasteiger partial charge in [-0.1, -0.05) is 419 Å². The average molecular weight is 1740 g/mol. The second-order valence-corrected chi connectivity index (χ2v) is 36.1. The molecule has 137 heavy (non-hydrogen) atoms. The van der Waals surface area contributed by atoms with Gasteiger partial charge in [-0.25, -0.2) is 0 Å². The molecule has 3 heteroatoms. The molecule has 3 aromatic heterocycles. The molecule has 0 saturated carbocycles. The number of hydrogen-bond acceptors (Lipinski definition) is 3. The van der Waals surface area contributed by atoms with Crippen molar-refractivity contribution in [1.82, 2.24) is 0 Å². The summed E-state index contributed by atoms with van der Waals surface area (Å²) in [6.45, 7) is 0. The highest BCUT2D eigenvalue weighted by atomic mass is 16.3. The SMILES string of the molecule is c1cc(-c2ccc3oc4c5ccccc5ccc4c3c2)cc(-c2c3ccccc3c(-c3ccc4ccccc4c3)c3ccccc23)c1.c1cc(-c2ccc3oc4c5ccccc5ccc4c3c2)cc(-c2c3ccccc3c(-c3cccc4ccccc34)c3ccccc23)c1.c1ccc(-c2c3ccccc3c(-c3cccc(-c4ccc5oc6c7ccccc7ccc6c5c4)c3)c3ccccc23)cc1. The van der Waals surface area contributed by atoms with Crippen LogP contribution in [0.3, 0.4) is 0 Å². The fraction of sp³-hybridized carbons (Fsp3) is 0. The smallest absolute Gasteiger partial charge is 0.143 e. The third-order valence-electron chi connectivity index (χ3n) is 28.5. The van der Waals surface area contributed by atoms with Crippen molar-refractivity contribution in [3.63, 3.8) is 0 Å². The Kier molecular flexibility index (Phi) is 18.7. The van der Waals surface area contributed by atoms with E-state index in [2.05, 4.69) is 497 Å². The minimum absolute atomic E-state index is 0.914. The van der Waals surface area contributed by atoms with Gasteiger partial charge in [0.05, 0.1) is 0 Å². The Bertz CT molecular complexity index is 9830. The van der Waals surface area contributed by atoms with E-state index in [1.165, 1.54) is 202 Å². The van der Waals surface area contributed by atoms with E-state index in [1.807, 2.05) is 0 Å². The molecule has 3 heterocycles. The molecule has 0 bridgehead atoms. The summed E-state index contributed by atoms with van der Waals surface area (Å²) in [5, 5.41) is 34.1. The van der Waals surface area contributed by atoms with Gasteiger partial charge in [0.15, 0.2) is 0 Å². The highest BCUT2D eigenvalue weighted by Crippen LogP contribution is 2.51. The molecule has 0 saturated heterocycles. The lowest BCUT2D eigenvalue weighted by atomic mass is 9.84. The summed E-state index contributed by atoms with van der Waals surface area (Å²) in [5.41, 5.74) is 27.8. The molecule has 29 rings (SSSR count). The number of fused-ring (bicyclic) bond motifs is 23. The van der Waals surface area contributed by atoms with Crippen LogP contribution in [0.2, 0.25) is 0 Å². The number of hydrogen-bond donors (Lipinski definition) is 0. The second kappa shape index (κ2) is 32.5. The molecular formula is C134H82O3. The molecule has 0 aliphatic rings. The third kappa shape index (κ3) is 13.3. The van der Waals surface area contributed by atoms with Crippen LogP contribution in [0.25, 0.3) is 284 Å². The largest absolute Gasteiger partial charge is 0.455 e. The highest BCUT2D eigenvalue weighted by Gasteiger charge is 2.25. The average Bonchev–Trinajstić information content (AvgIpc) is 1.07. The fourth-order valence-corrected chi connectivity index (χ4v) is 22.2. The van der Waals surface area contributed by atoms with E-state index in [1.54, 1.807) is 0 Å². The van der Waals surface area contributed by atoms with Crippen LogP contribution in [0.15, 0.2) is 511 Å². The Hall–Kier alpha value is -18.0. The van der Waals surface area contributed by atoms with Gasteiger partial charge in [-0.3, -0.25) is 0 Å². The predicted molar refractivity (Wildman–Crippen MR) is 583 cm³/mol. The van der Waals surface area contributed by atoms with E-state index in [9.17, 15) is 0 Å². The maximum atomic E-state index is 6.42. The van der Waals surface area contributed by atoms with Crippen molar-refractivity contribution in [2.45, 2.75) is 0 Å². The first-order chi connectivity index (χ1) is 67.9. The standard InChI is InChI=1S/2C46H28O.C42H26O/c1-3-16-34-29(11-1)13-10-22-36(34)45-39-20-7-5-18-37(39)44(38-19-6-8-21-40(38)45)33-15-9-14-31(27-33)32-24-26-43-42(28-32)41-25-23-30-12-2-4-17-35(30)46(41)47-43;1-2-12-31-26-35(21-20-29(31)10-1)45-39-18-7-5-16-37(39)44(38-17-6-8-19-40(38)45)34-14-9-13-32(27-34)33-23-25-43-42(28-33)41-24-22-30-11-3-4-15-36(30)46(41)47-43;1-2-12-28(13-3-1)40-33-17-6-8-19-35(33)41(36-20-9-7-18-34(36)40)31-15-10-14-29(25-31)30-22-24-39-38(26-30)37-23-21-27-11-4-5-16-32(27)42(37)43-39/h2*1-28H;1-26H. The Balaban J connectivity index is 0.000000104. The highest BCUT2D eigenvalue weighted by molar-refractivity contribution is 6.27. The van der Waals surface area contributed by atoms with Crippen LogP contribution in [0.5, 0.6) is 0 Å². The lowest BCUT2D eigenvalue weighted by Gasteiger charge is -2.19. The normalized spacial score (nSPS) is 11.8. The van der Waals surface area contributed by atoms with Crippen molar-refractivity contribution in [3.8, 4) is 100 Å². The van der Waals surface area contributed by atoms with Crippen LogP contribution in [0.1, 0.15) is 0 Å². The van der Waals surface area contributed by atoms with Gasteiger partial charge in [-0.05, 0) is 281 Å². The van der Waals surface area contributed by atoms with E-state index >= 15 is 0 Å². The summed E-state index contributed by atoms with van der Waals surface area (Å²) in [7, 11) is 0. The first-order valence-corrected chi connectivity index (χ1v) is 47.1. The van der Waals surface area contributed by atoms with Crippen LogP contribution in [-0.2, 0) is 0 Å². The van der Waals surface area contributed by atoms with Crippen molar-refractivity contribution >= 4 is 184 Å². The van der Waals surface area contributed by atoms with Crippen LogP contribution in [0.4, 0.5) is 0 Å². The predicted octanol–water partition coefficient (Wildman–Crippen LogP) is 38.4. The molecule has 3 nitrogen and oxygen atoms in total. The molecule has 0 fully saturated rings. The van der Waals surface area contributed by atoms with Crippen molar-refractivity contribution in [1.29, 1.82) is 0 Å². The Morgan fingerprint density at radius 2 is 0.328 bits per heavy atom. The maximum Gasteiger partial charge on any atom is 0.143 e. The molecule has 0 spiro atoms. The zero-order valence-corrected chi connectivity index (χ0v) is 74.6. The number of rotatable bonds is 9. The zero-order valence-electron chi connectivity index (χ0n) is 74.6. The van der Waals surface area contributed by atoms with Gasteiger partial charge >= 0.3 is 0 Å². The van der Waals surface area contributed by atoms with Crippen LogP contribution in [-0.4, -0.2) is 0 Å². The van der Waals surface area contributed by atoms with Crippen molar-refractivity contribution < 1.29 is 13.3 Å². The zero-order chi connectivity index (χ0) is 90.1. The third-order valence-corrected chi connectivity index (χ3v) is 28.5. The van der Waals surface area contributed by atoms with Crippen molar-refractivity contribution in [2.24, 2.45) is 0 Å². The topological polar surface area (TPSA) is 39.4 Å². The molecule has 0 unspecified atom stereocenters. The van der Waals surface area contributed by atoms with E-state index in [0.717, 1.165) is 82.0 Å². The molecular weight excluding hydrogens is 1660 g/mol. The van der Waals surface area contributed by atoms with Crippen molar-refractivity contribution in [3.05, 3.63) is 497 Å². The number of furan rings is 3. The van der Waals surface area contributed by atoms with Gasteiger partial charge in [0, 0.05) is 48.5 Å². The molecule has 0 radical (unpaired) electrons. The second-order valence-electron chi connectivity index (χ2n) is 36.1. The Morgan fingerprint density at radius 3 is 0.679 bits per heavy atom. The van der Waals surface area contributed by atoms with E-state index in [4.69, 9.17) is 13.3 Å². The molecule has 0 amide bonds. The summed E-state index contributed by atoms with van der Waals surface area (Å²) < 4.78 is 19.2. The van der Waals surface area contributed by atoms with Gasteiger partial charge < -0.3 is 13.3 Å². The molecule has 0 aliphatic heterocycles. The van der Waals surface area contributed by atoms with Crippen molar-refractivity contribution in [2.75, 3.05) is 0 Å². The minimum atomic E-state index is 0.914. The lowest BCUT2D eigenvalue weighted by molar-refractivity contribution is 0.672. The number of benzene rings is 26. The maximum absolute atomic E-state index is 6.42. The minimum Gasteiger partial charge on any atom is -0.455 e. The Labute approximate surface area is 789 Å². The summed E-state index contributed by atoms with van der Waals surface area (Å²) in [4.78, 5) is 0. The summed E-state index contributed by atoms with van der Waals surface area (Å²) >= 11 is 0.